The van der Waals surface area contributed by atoms with Crippen LogP contribution in [-0.2, 0) is 0 Å². The minimum atomic E-state index is 0.116. The Hall–Kier alpha value is 0.290. The lowest BCUT2D eigenvalue weighted by atomic mass is 9.88. The Kier molecular flexibility index (Phi) is 17.3. The molecule has 0 bridgehead atoms. The normalized spacial score (nSPS) is 12.0. The van der Waals surface area contributed by atoms with E-state index in [0.29, 0.717) is 0 Å². The fourth-order valence-electron chi connectivity index (χ4n) is 3.51. The topological polar surface area (TPSA) is 0 Å². The van der Waals surface area contributed by atoms with Crippen molar-refractivity contribution >= 4 is 11.6 Å². The summed E-state index contributed by atoms with van der Waals surface area (Å²) in [5, 5.41) is 0. The predicted octanol–water partition coefficient (Wildman–Crippen LogP) is 9.05. The fourth-order valence-corrected chi connectivity index (χ4v) is 3.91. The second-order valence-electron chi connectivity index (χ2n) is 7.64. The molecule has 0 amide bonds. The van der Waals surface area contributed by atoms with Gasteiger partial charge in [-0.2, -0.15) is 0 Å². The molecule has 0 fully saturated rings. The Morgan fingerprint density at radius 3 is 0.957 bits per heavy atom. The van der Waals surface area contributed by atoms with Gasteiger partial charge < -0.3 is 0 Å². The van der Waals surface area contributed by atoms with Gasteiger partial charge >= 0.3 is 0 Å². The summed E-state index contributed by atoms with van der Waals surface area (Å²) in [5.41, 5.74) is 0. The van der Waals surface area contributed by atoms with Crippen LogP contribution in [0.25, 0.3) is 0 Å². The highest BCUT2D eigenvalue weighted by molar-refractivity contribution is 6.23. The molecule has 0 saturated heterocycles. The number of hydrogen-bond acceptors (Lipinski definition) is 0. The van der Waals surface area contributed by atoms with Crippen molar-refractivity contribution in [1.29, 1.82) is 0 Å². The number of rotatable bonds is 18. The quantitative estimate of drug-likeness (QED) is 0.172. The summed E-state index contributed by atoms with van der Waals surface area (Å²) in [7, 11) is 0. The Labute approximate surface area is 153 Å². The van der Waals surface area contributed by atoms with Crippen LogP contribution < -0.4 is 0 Å². The molecule has 140 valence electrons. The first kappa shape index (κ1) is 23.3. The molecule has 0 N–H and O–H groups in total. The molecule has 1 heteroatoms. The Balaban J connectivity index is 4.00. The van der Waals surface area contributed by atoms with E-state index in [9.17, 15) is 0 Å². The van der Waals surface area contributed by atoms with Gasteiger partial charge in [0.2, 0.25) is 0 Å². The molecule has 0 atom stereocenters. The van der Waals surface area contributed by atoms with Crippen molar-refractivity contribution in [2.24, 2.45) is 0 Å². The maximum atomic E-state index is 7.08. The van der Waals surface area contributed by atoms with Gasteiger partial charge in [0.1, 0.15) is 0 Å². The van der Waals surface area contributed by atoms with Gasteiger partial charge in [-0.3, -0.25) is 0 Å². The largest absolute Gasteiger partial charge is 0.119 e. The second kappa shape index (κ2) is 17.1. The van der Waals surface area contributed by atoms with E-state index in [2.05, 4.69) is 20.8 Å². The van der Waals surface area contributed by atoms with Crippen LogP contribution in [0.3, 0.4) is 0 Å². The molecule has 0 radical (unpaired) electrons. The monoisotopic (exact) mass is 344 g/mol. The molecule has 0 nitrogen and oxygen atoms in total. The molecule has 0 saturated carbocycles. The number of halogens is 1. The third-order valence-electron chi connectivity index (χ3n) is 5.19. The standard InChI is InChI=1S/C22H45Cl/c1-4-7-10-13-16-19-22(23,20-17-14-11-8-5-2)21-18-15-12-9-6-3/h4-21H2,1-3H3. The molecule has 0 heterocycles. The number of alkyl halides is 1. The molecule has 0 aliphatic carbocycles. The van der Waals surface area contributed by atoms with Gasteiger partial charge in [-0.25, -0.2) is 0 Å². The maximum Gasteiger partial charge on any atom is 0.0446 e. The van der Waals surface area contributed by atoms with Crippen molar-refractivity contribution in [3.8, 4) is 0 Å². The minimum Gasteiger partial charge on any atom is -0.119 e. The summed E-state index contributed by atoms with van der Waals surface area (Å²) >= 11 is 7.08. The lowest BCUT2D eigenvalue weighted by molar-refractivity contribution is 0.396. The molecule has 0 aliphatic heterocycles. The smallest absolute Gasteiger partial charge is 0.0446 e. The van der Waals surface area contributed by atoms with Gasteiger partial charge in [0.15, 0.2) is 0 Å². The molecule has 0 unspecified atom stereocenters. The first-order valence-corrected chi connectivity index (χ1v) is 11.2. The third-order valence-corrected chi connectivity index (χ3v) is 5.75. The van der Waals surface area contributed by atoms with Crippen LogP contribution in [0.15, 0.2) is 0 Å². The minimum absolute atomic E-state index is 0.116. The number of unbranched alkanes of at least 4 members (excludes halogenated alkanes) is 12. The van der Waals surface area contributed by atoms with E-state index in [4.69, 9.17) is 11.6 Å². The third kappa shape index (κ3) is 15.6. The second-order valence-corrected chi connectivity index (χ2v) is 8.45. The summed E-state index contributed by atoms with van der Waals surface area (Å²) in [6, 6.07) is 0. The summed E-state index contributed by atoms with van der Waals surface area (Å²) in [4.78, 5) is 0.116. The van der Waals surface area contributed by atoms with Crippen molar-refractivity contribution in [2.75, 3.05) is 0 Å². The highest BCUT2D eigenvalue weighted by atomic mass is 35.5. The van der Waals surface area contributed by atoms with Crippen LogP contribution in [0, 0.1) is 0 Å². The lowest BCUT2D eigenvalue weighted by Gasteiger charge is -2.27. The Morgan fingerprint density at radius 1 is 0.435 bits per heavy atom. The van der Waals surface area contributed by atoms with E-state index in [-0.39, 0.29) is 4.87 Å². The van der Waals surface area contributed by atoms with E-state index in [0.717, 1.165) is 0 Å². The van der Waals surface area contributed by atoms with Crippen molar-refractivity contribution in [2.45, 2.75) is 141 Å². The highest BCUT2D eigenvalue weighted by Crippen LogP contribution is 2.35. The van der Waals surface area contributed by atoms with Crippen molar-refractivity contribution in [1.82, 2.24) is 0 Å². The summed E-state index contributed by atoms with van der Waals surface area (Å²) < 4.78 is 0. The van der Waals surface area contributed by atoms with E-state index in [1.807, 2.05) is 0 Å². The van der Waals surface area contributed by atoms with Crippen molar-refractivity contribution in [3.63, 3.8) is 0 Å². The SMILES string of the molecule is CCCCCCCC(Cl)(CCCCCCC)CCCCCCC. The van der Waals surface area contributed by atoms with Crippen LogP contribution in [0.2, 0.25) is 0 Å². The predicted molar refractivity (Wildman–Crippen MR) is 109 cm³/mol. The zero-order valence-electron chi connectivity index (χ0n) is 16.6. The van der Waals surface area contributed by atoms with Crippen LogP contribution in [0.4, 0.5) is 0 Å². The van der Waals surface area contributed by atoms with E-state index in [1.54, 1.807) is 0 Å². The van der Waals surface area contributed by atoms with Gasteiger partial charge in [0.05, 0.1) is 0 Å². The van der Waals surface area contributed by atoms with Crippen LogP contribution in [0.1, 0.15) is 136 Å². The average molecular weight is 345 g/mol. The van der Waals surface area contributed by atoms with E-state index >= 15 is 0 Å². The van der Waals surface area contributed by atoms with Crippen LogP contribution in [-0.4, -0.2) is 4.87 Å². The Bertz CT molecular complexity index is 188. The van der Waals surface area contributed by atoms with Crippen molar-refractivity contribution in [3.05, 3.63) is 0 Å². The summed E-state index contributed by atoms with van der Waals surface area (Å²) in [6.45, 7) is 6.87. The molecule has 0 spiro atoms. The van der Waals surface area contributed by atoms with Gasteiger partial charge in [0.25, 0.3) is 0 Å². The summed E-state index contributed by atoms with van der Waals surface area (Å²) in [6.07, 6.45) is 24.3. The first-order chi connectivity index (χ1) is 11.2. The Morgan fingerprint density at radius 2 is 0.696 bits per heavy atom. The van der Waals surface area contributed by atoms with Gasteiger partial charge in [0, 0.05) is 4.87 Å². The van der Waals surface area contributed by atoms with Crippen LogP contribution in [0.5, 0.6) is 0 Å². The first-order valence-electron chi connectivity index (χ1n) is 10.9. The number of hydrogen-bond donors (Lipinski definition) is 0. The molecule has 23 heavy (non-hydrogen) atoms. The van der Waals surface area contributed by atoms with E-state index < -0.39 is 0 Å². The van der Waals surface area contributed by atoms with Gasteiger partial charge in [-0.1, -0.05) is 117 Å². The molecular weight excluding hydrogens is 300 g/mol. The molecule has 0 aliphatic rings. The van der Waals surface area contributed by atoms with E-state index in [1.165, 1.54) is 116 Å². The molecule has 0 rings (SSSR count). The van der Waals surface area contributed by atoms with Crippen molar-refractivity contribution < 1.29 is 0 Å². The fraction of sp³-hybridized carbons (Fsp3) is 1.00. The van der Waals surface area contributed by atoms with Gasteiger partial charge in [-0.05, 0) is 19.3 Å². The zero-order valence-corrected chi connectivity index (χ0v) is 17.4. The maximum absolute atomic E-state index is 7.08. The molecule has 0 aromatic heterocycles. The zero-order chi connectivity index (χ0) is 17.2. The molecule has 0 aromatic carbocycles. The molecule has 0 aromatic rings. The van der Waals surface area contributed by atoms with Gasteiger partial charge in [-0.15, -0.1) is 11.6 Å². The molecular formula is C22H45Cl. The lowest BCUT2D eigenvalue weighted by Crippen LogP contribution is -2.21. The highest BCUT2D eigenvalue weighted by Gasteiger charge is 2.25. The average Bonchev–Trinajstić information content (AvgIpc) is 2.54. The summed E-state index contributed by atoms with van der Waals surface area (Å²) in [5.74, 6) is 0. The van der Waals surface area contributed by atoms with Crippen LogP contribution >= 0.6 is 11.6 Å².